The number of nitrogens with two attached hydrogens (primary N) is 1. The summed E-state index contributed by atoms with van der Waals surface area (Å²) in [5.74, 6) is 0. The van der Waals surface area contributed by atoms with Gasteiger partial charge in [-0.15, -0.1) is 0 Å². The molecule has 1 aromatic heterocycles. The van der Waals surface area contributed by atoms with Gasteiger partial charge in [-0.05, 0) is 36.2 Å². The average molecular weight is 228 g/mol. The lowest BCUT2D eigenvalue weighted by atomic mass is 9.78. The van der Waals surface area contributed by atoms with Gasteiger partial charge in [-0.1, -0.05) is 6.07 Å². The summed E-state index contributed by atoms with van der Waals surface area (Å²) >= 11 is 0. The second-order valence-electron chi connectivity index (χ2n) is 4.90. The largest absolute Gasteiger partial charge is 0.379 e. The maximum Gasteiger partial charge on any atom is 0.0702 e. The first-order chi connectivity index (χ1) is 8.23. The van der Waals surface area contributed by atoms with E-state index in [1.54, 1.807) is 0 Å². The van der Waals surface area contributed by atoms with Crippen LogP contribution in [0.3, 0.4) is 0 Å². The first kappa shape index (κ1) is 10.7. The molecule has 3 rings (SSSR count). The molecule has 0 atom stereocenters. The van der Waals surface area contributed by atoms with Gasteiger partial charge in [-0.25, -0.2) is 0 Å². The van der Waals surface area contributed by atoms with Crippen molar-refractivity contribution < 1.29 is 4.74 Å². The summed E-state index contributed by atoms with van der Waals surface area (Å²) in [6, 6.07) is 8.56. The smallest absolute Gasteiger partial charge is 0.0702 e. The van der Waals surface area contributed by atoms with Gasteiger partial charge in [-0.3, -0.25) is 4.98 Å². The Morgan fingerprint density at radius 1 is 1.35 bits per heavy atom. The molecular formula is C14H16N2O. The molecule has 0 aliphatic carbocycles. The zero-order chi connectivity index (χ0) is 11.9. The van der Waals surface area contributed by atoms with E-state index in [-0.39, 0.29) is 5.41 Å². The van der Waals surface area contributed by atoms with E-state index in [1.165, 1.54) is 16.5 Å². The number of pyridine rings is 1. The van der Waals surface area contributed by atoms with Gasteiger partial charge < -0.3 is 10.5 Å². The van der Waals surface area contributed by atoms with E-state index in [9.17, 15) is 0 Å². The van der Waals surface area contributed by atoms with Crippen molar-refractivity contribution in [1.82, 2.24) is 4.98 Å². The summed E-state index contributed by atoms with van der Waals surface area (Å²) < 4.78 is 5.32. The van der Waals surface area contributed by atoms with Crippen LogP contribution >= 0.6 is 0 Å². The molecule has 1 aromatic carbocycles. The van der Waals surface area contributed by atoms with E-state index < -0.39 is 0 Å². The van der Waals surface area contributed by atoms with Crippen molar-refractivity contribution in [3.05, 3.63) is 41.6 Å². The Bertz CT molecular complexity index is 556. The SMILES string of the molecule is Cc1cnc2ccc(C3(CN)COC3)cc2c1. The Labute approximate surface area is 101 Å². The third-order valence-corrected chi connectivity index (χ3v) is 3.58. The van der Waals surface area contributed by atoms with E-state index in [0.717, 1.165) is 18.7 Å². The summed E-state index contributed by atoms with van der Waals surface area (Å²) in [5, 5.41) is 1.18. The summed E-state index contributed by atoms with van der Waals surface area (Å²) in [6.07, 6.45) is 1.90. The molecule has 0 unspecified atom stereocenters. The Hall–Kier alpha value is -1.45. The quantitative estimate of drug-likeness (QED) is 0.852. The van der Waals surface area contributed by atoms with Crippen molar-refractivity contribution >= 4 is 10.9 Å². The van der Waals surface area contributed by atoms with Crippen molar-refractivity contribution in [1.29, 1.82) is 0 Å². The Morgan fingerprint density at radius 3 is 2.82 bits per heavy atom. The molecular weight excluding hydrogens is 212 g/mol. The number of nitrogens with zero attached hydrogens (tertiary/aromatic N) is 1. The number of aromatic nitrogens is 1. The van der Waals surface area contributed by atoms with Gasteiger partial charge in [0, 0.05) is 18.1 Å². The van der Waals surface area contributed by atoms with E-state index in [1.807, 2.05) is 6.20 Å². The van der Waals surface area contributed by atoms with E-state index in [0.29, 0.717) is 6.54 Å². The fraction of sp³-hybridized carbons (Fsp3) is 0.357. The number of aryl methyl sites for hydroxylation is 1. The van der Waals surface area contributed by atoms with Crippen molar-refractivity contribution in [2.45, 2.75) is 12.3 Å². The van der Waals surface area contributed by atoms with Gasteiger partial charge in [0.15, 0.2) is 0 Å². The number of hydrogen-bond donors (Lipinski definition) is 1. The molecule has 2 N–H and O–H groups in total. The first-order valence-corrected chi connectivity index (χ1v) is 5.88. The molecule has 1 fully saturated rings. The summed E-state index contributed by atoms with van der Waals surface area (Å²) in [5.41, 5.74) is 9.39. The highest BCUT2D eigenvalue weighted by molar-refractivity contribution is 5.80. The molecule has 17 heavy (non-hydrogen) atoms. The topological polar surface area (TPSA) is 48.1 Å². The fourth-order valence-corrected chi connectivity index (χ4v) is 2.32. The summed E-state index contributed by atoms with van der Waals surface area (Å²) in [7, 11) is 0. The molecule has 1 saturated heterocycles. The molecule has 1 aliphatic heterocycles. The predicted octanol–water partition coefficient (Wildman–Crippen LogP) is 1.77. The van der Waals surface area contributed by atoms with E-state index >= 15 is 0 Å². The molecule has 0 radical (unpaired) electrons. The van der Waals surface area contributed by atoms with Crippen LogP contribution in [0.2, 0.25) is 0 Å². The summed E-state index contributed by atoms with van der Waals surface area (Å²) in [4.78, 5) is 4.41. The molecule has 3 nitrogen and oxygen atoms in total. The monoisotopic (exact) mass is 228 g/mol. The minimum Gasteiger partial charge on any atom is -0.379 e. The number of rotatable bonds is 2. The van der Waals surface area contributed by atoms with Gasteiger partial charge in [-0.2, -0.15) is 0 Å². The lowest BCUT2D eigenvalue weighted by Crippen LogP contribution is -2.52. The standard InChI is InChI=1S/C14H16N2O/c1-10-4-11-5-12(2-3-13(11)16-6-10)14(7-15)8-17-9-14/h2-6H,7-9,15H2,1H3. The molecule has 0 spiro atoms. The van der Waals surface area contributed by atoms with E-state index in [4.69, 9.17) is 10.5 Å². The number of hydrogen-bond acceptors (Lipinski definition) is 3. The van der Waals surface area contributed by atoms with Crippen molar-refractivity contribution in [2.75, 3.05) is 19.8 Å². The molecule has 1 aliphatic rings. The Kier molecular flexibility index (Phi) is 2.38. The van der Waals surface area contributed by atoms with Crippen LogP contribution in [0, 0.1) is 6.92 Å². The Morgan fingerprint density at radius 2 is 2.18 bits per heavy atom. The minimum absolute atomic E-state index is 0.0257. The lowest BCUT2D eigenvalue weighted by molar-refractivity contribution is -0.0549. The molecule has 3 heteroatoms. The molecule has 2 heterocycles. The third kappa shape index (κ3) is 1.63. The van der Waals surface area contributed by atoms with Crippen LogP contribution in [0.5, 0.6) is 0 Å². The third-order valence-electron chi connectivity index (χ3n) is 3.58. The molecule has 0 saturated carbocycles. The van der Waals surface area contributed by atoms with E-state index in [2.05, 4.69) is 36.2 Å². The normalized spacial score (nSPS) is 18.0. The van der Waals surface area contributed by atoms with Crippen molar-refractivity contribution in [3.63, 3.8) is 0 Å². The van der Waals surface area contributed by atoms with Crippen molar-refractivity contribution in [2.24, 2.45) is 5.73 Å². The highest BCUT2D eigenvalue weighted by Crippen LogP contribution is 2.32. The van der Waals surface area contributed by atoms with Gasteiger partial charge in [0.25, 0.3) is 0 Å². The van der Waals surface area contributed by atoms with Crippen LogP contribution in [-0.4, -0.2) is 24.7 Å². The average Bonchev–Trinajstić information content (AvgIpc) is 2.28. The second kappa shape index (κ2) is 3.79. The fourth-order valence-electron chi connectivity index (χ4n) is 2.32. The lowest BCUT2D eigenvalue weighted by Gasteiger charge is -2.41. The molecule has 2 aromatic rings. The van der Waals surface area contributed by atoms with Crippen LogP contribution in [0.4, 0.5) is 0 Å². The molecule has 88 valence electrons. The Balaban J connectivity index is 2.12. The highest BCUT2D eigenvalue weighted by atomic mass is 16.5. The maximum absolute atomic E-state index is 5.88. The van der Waals surface area contributed by atoms with Gasteiger partial charge in [0.05, 0.1) is 24.1 Å². The first-order valence-electron chi connectivity index (χ1n) is 5.88. The van der Waals surface area contributed by atoms with Crippen LogP contribution in [0.1, 0.15) is 11.1 Å². The van der Waals surface area contributed by atoms with Gasteiger partial charge in [0.1, 0.15) is 0 Å². The van der Waals surface area contributed by atoms with Crippen molar-refractivity contribution in [3.8, 4) is 0 Å². The maximum atomic E-state index is 5.88. The highest BCUT2D eigenvalue weighted by Gasteiger charge is 2.39. The molecule has 0 amide bonds. The number of benzene rings is 1. The summed E-state index contributed by atoms with van der Waals surface area (Å²) in [6.45, 7) is 4.16. The van der Waals surface area contributed by atoms with Crippen LogP contribution in [0.15, 0.2) is 30.5 Å². The number of fused-ring (bicyclic) bond motifs is 1. The zero-order valence-corrected chi connectivity index (χ0v) is 9.94. The number of ether oxygens (including phenoxy) is 1. The van der Waals surface area contributed by atoms with Gasteiger partial charge >= 0.3 is 0 Å². The minimum atomic E-state index is 0.0257. The van der Waals surface area contributed by atoms with Crippen LogP contribution < -0.4 is 5.73 Å². The predicted molar refractivity (Wildman–Crippen MR) is 68.0 cm³/mol. The van der Waals surface area contributed by atoms with Gasteiger partial charge in [0.2, 0.25) is 0 Å². The van der Waals surface area contributed by atoms with Crippen LogP contribution in [0.25, 0.3) is 10.9 Å². The molecule has 0 bridgehead atoms. The van der Waals surface area contributed by atoms with Crippen LogP contribution in [-0.2, 0) is 10.2 Å². The second-order valence-corrected chi connectivity index (χ2v) is 4.90. The zero-order valence-electron chi connectivity index (χ0n) is 9.94.